The van der Waals surface area contributed by atoms with Crippen molar-refractivity contribution < 1.29 is 9.50 Å². The predicted octanol–water partition coefficient (Wildman–Crippen LogP) is 3.97. The van der Waals surface area contributed by atoms with E-state index in [2.05, 4.69) is 32.6 Å². The van der Waals surface area contributed by atoms with Gasteiger partial charge in [-0.3, -0.25) is 0 Å². The fourth-order valence-corrected chi connectivity index (χ4v) is 2.45. The number of nitrogens with zero attached hydrogens (tertiary/aromatic N) is 1. The Balaban J connectivity index is 3.09. The molecular weight excluding hydrogens is 241 g/mol. The van der Waals surface area contributed by atoms with Crippen LogP contribution in [0.15, 0.2) is 18.2 Å². The van der Waals surface area contributed by atoms with E-state index in [0.29, 0.717) is 23.2 Å². The summed E-state index contributed by atoms with van der Waals surface area (Å²) >= 11 is 0. The zero-order chi connectivity index (χ0) is 14.4. The van der Waals surface area contributed by atoms with Crippen LogP contribution in [0.1, 0.15) is 46.1 Å². The molecule has 1 N–H and O–H groups in total. The molecule has 19 heavy (non-hydrogen) atoms. The van der Waals surface area contributed by atoms with E-state index in [4.69, 9.17) is 5.11 Å². The van der Waals surface area contributed by atoms with Gasteiger partial charge in [-0.05, 0) is 36.5 Å². The fourth-order valence-electron chi connectivity index (χ4n) is 2.45. The van der Waals surface area contributed by atoms with Crippen LogP contribution in [-0.4, -0.2) is 17.7 Å². The minimum Gasteiger partial charge on any atom is -0.392 e. The lowest BCUT2D eigenvalue weighted by molar-refractivity contribution is 0.281. The Labute approximate surface area is 116 Å². The molecule has 0 fully saturated rings. The molecule has 0 aliphatic rings. The molecular formula is C16H26FNO. The Hall–Kier alpha value is -1.09. The minimum atomic E-state index is -0.237. The second-order valence-electron chi connectivity index (χ2n) is 5.46. The zero-order valence-electron chi connectivity index (χ0n) is 12.5. The van der Waals surface area contributed by atoms with E-state index in [1.165, 1.54) is 6.07 Å². The summed E-state index contributed by atoms with van der Waals surface area (Å²) in [5, 5.41) is 9.06. The molecule has 3 heteroatoms. The van der Waals surface area contributed by atoms with Crippen LogP contribution >= 0.6 is 0 Å². The molecule has 1 aromatic carbocycles. The molecule has 1 aromatic rings. The first kappa shape index (κ1) is 16.0. The molecule has 0 saturated carbocycles. The molecule has 2 nitrogen and oxygen atoms in total. The number of hydrogen-bond donors (Lipinski definition) is 1. The summed E-state index contributed by atoms with van der Waals surface area (Å²) in [5.41, 5.74) is 1.27. The Morgan fingerprint density at radius 2 is 1.84 bits per heavy atom. The summed E-state index contributed by atoms with van der Waals surface area (Å²) in [6.45, 7) is 9.31. The van der Waals surface area contributed by atoms with Crippen LogP contribution in [0.25, 0.3) is 0 Å². The molecule has 0 radical (unpaired) electrons. The van der Waals surface area contributed by atoms with Gasteiger partial charge in [-0.25, -0.2) is 4.39 Å². The van der Waals surface area contributed by atoms with Crippen molar-refractivity contribution >= 4 is 5.69 Å². The normalized spacial score (nSPS) is 11.4. The number of benzene rings is 1. The van der Waals surface area contributed by atoms with Crippen LogP contribution in [0.2, 0.25) is 0 Å². The van der Waals surface area contributed by atoms with Gasteiger partial charge in [0.1, 0.15) is 5.82 Å². The van der Waals surface area contributed by atoms with Gasteiger partial charge < -0.3 is 10.0 Å². The lowest BCUT2D eigenvalue weighted by Gasteiger charge is -2.34. The maximum Gasteiger partial charge on any atom is 0.146 e. The van der Waals surface area contributed by atoms with Gasteiger partial charge in [-0.15, -0.1) is 0 Å². The Morgan fingerprint density at radius 3 is 2.26 bits per heavy atom. The minimum absolute atomic E-state index is 0.119. The maximum absolute atomic E-state index is 14.2. The Bertz CT molecular complexity index is 388. The number of aliphatic hydroxyl groups excluding tert-OH is 1. The third-order valence-electron chi connectivity index (χ3n) is 3.45. The summed E-state index contributed by atoms with van der Waals surface area (Å²) < 4.78 is 14.2. The smallest absolute Gasteiger partial charge is 0.146 e. The van der Waals surface area contributed by atoms with Crippen LogP contribution in [0.3, 0.4) is 0 Å². The van der Waals surface area contributed by atoms with E-state index in [0.717, 1.165) is 19.4 Å². The average Bonchev–Trinajstić information content (AvgIpc) is 2.38. The topological polar surface area (TPSA) is 23.5 Å². The number of aliphatic hydroxyl groups is 1. The number of rotatable bonds is 7. The molecule has 108 valence electrons. The summed E-state index contributed by atoms with van der Waals surface area (Å²) in [6, 6.07) is 5.39. The Kier molecular flexibility index (Phi) is 6.29. The monoisotopic (exact) mass is 267 g/mol. The van der Waals surface area contributed by atoms with Crippen molar-refractivity contribution in [1.82, 2.24) is 0 Å². The van der Waals surface area contributed by atoms with Crippen molar-refractivity contribution in [2.24, 2.45) is 5.92 Å². The third kappa shape index (κ3) is 4.20. The fraction of sp³-hybridized carbons (Fsp3) is 0.625. The van der Waals surface area contributed by atoms with Gasteiger partial charge >= 0.3 is 0 Å². The molecule has 1 rings (SSSR count). The average molecular weight is 267 g/mol. The molecule has 0 aromatic heterocycles. The van der Waals surface area contributed by atoms with Crippen molar-refractivity contribution in [2.45, 2.75) is 53.2 Å². The second kappa shape index (κ2) is 7.49. The highest BCUT2D eigenvalue weighted by Crippen LogP contribution is 2.26. The number of hydrogen-bond acceptors (Lipinski definition) is 2. The predicted molar refractivity (Wildman–Crippen MR) is 78.9 cm³/mol. The standard InChI is InChI=1S/C16H26FNO/c1-5-14(6-2)18(10-12(3)4)16-8-7-13(11-19)9-15(16)17/h7-9,12,14,19H,5-6,10-11H2,1-4H3. The molecule has 0 saturated heterocycles. The lowest BCUT2D eigenvalue weighted by atomic mass is 10.1. The van der Waals surface area contributed by atoms with Gasteiger partial charge in [0, 0.05) is 12.6 Å². The van der Waals surface area contributed by atoms with Crippen LogP contribution < -0.4 is 4.90 Å². The van der Waals surface area contributed by atoms with Gasteiger partial charge in [-0.1, -0.05) is 33.8 Å². The van der Waals surface area contributed by atoms with Crippen molar-refractivity contribution in [2.75, 3.05) is 11.4 Å². The van der Waals surface area contributed by atoms with E-state index in [1.54, 1.807) is 12.1 Å². The molecule has 0 aliphatic heterocycles. The zero-order valence-corrected chi connectivity index (χ0v) is 12.5. The highest BCUT2D eigenvalue weighted by molar-refractivity contribution is 5.50. The first-order valence-electron chi connectivity index (χ1n) is 7.19. The maximum atomic E-state index is 14.2. The number of anilines is 1. The third-order valence-corrected chi connectivity index (χ3v) is 3.45. The summed E-state index contributed by atoms with van der Waals surface area (Å²) in [6.07, 6.45) is 2.01. The van der Waals surface area contributed by atoms with E-state index in [9.17, 15) is 4.39 Å². The van der Waals surface area contributed by atoms with Crippen LogP contribution in [0.5, 0.6) is 0 Å². The summed E-state index contributed by atoms with van der Waals surface area (Å²) in [5.74, 6) is 0.247. The van der Waals surface area contributed by atoms with E-state index >= 15 is 0 Å². The summed E-state index contributed by atoms with van der Waals surface area (Å²) in [7, 11) is 0. The molecule has 0 aliphatic carbocycles. The van der Waals surface area contributed by atoms with Gasteiger partial charge in [0.2, 0.25) is 0 Å². The number of halogens is 1. The first-order chi connectivity index (χ1) is 9.03. The molecule has 0 atom stereocenters. The molecule has 0 amide bonds. The van der Waals surface area contributed by atoms with Gasteiger partial charge in [0.25, 0.3) is 0 Å². The summed E-state index contributed by atoms with van der Waals surface area (Å²) in [4.78, 5) is 2.17. The molecule has 0 unspecified atom stereocenters. The Morgan fingerprint density at radius 1 is 1.21 bits per heavy atom. The van der Waals surface area contributed by atoms with Crippen molar-refractivity contribution in [3.8, 4) is 0 Å². The molecule has 0 heterocycles. The van der Waals surface area contributed by atoms with Gasteiger partial charge in [0.05, 0.1) is 12.3 Å². The first-order valence-corrected chi connectivity index (χ1v) is 7.19. The largest absolute Gasteiger partial charge is 0.392 e. The van der Waals surface area contributed by atoms with Gasteiger partial charge in [-0.2, -0.15) is 0 Å². The molecule has 0 bridgehead atoms. The van der Waals surface area contributed by atoms with Crippen molar-refractivity contribution in [3.05, 3.63) is 29.6 Å². The van der Waals surface area contributed by atoms with Crippen LogP contribution in [0.4, 0.5) is 10.1 Å². The van der Waals surface area contributed by atoms with Crippen molar-refractivity contribution in [1.29, 1.82) is 0 Å². The SMILES string of the molecule is CCC(CC)N(CC(C)C)c1ccc(CO)cc1F. The van der Waals surface area contributed by atoms with E-state index < -0.39 is 0 Å². The van der Waals surface area contributed by atoms with E-state index in [-0.39, 0.29) is 12.4 Å². The quantitative estimate of drug-likeness (QED) is 0.808. The van der Waals surface area contributed by atoms with Crippen molar-refractivity contribution in [3.63, 3.8) is 0 Å². The van der Waals surface area contributed by atoms with Crippen LogP contribution in [-0.2, 0) is 6.61 Å². The van der Waals surface area contributed by atoms with E-state index in [1.807, 2.05) is 0 Å². The lowest BCUT2D eigenvalue weighted by Crippen LogP contribution is -2.38. The highest BCUT2D eigenvalue weighted by Gasteiger charge is 2.20. The van der Waals surface area contributed by atoms with Crippen LogP contribution in [0, 0.1) is 11.7 Å². The highest BCUT2D eigenvalue weighted by atomic mass is 19.1. The second-order valence-corrected chi connectivity index (χ2v) is 5.46. The van der Waals surface area contributed by atoms with Gasteiger partial charge in [0.15, 0.2) is 0 Å². The molecule has 0 spiro atoms.